The third-order valence-corrected chi connectivity index (χ3v) is 8.54. The lowest BCUT2D eigenvalue weighted by atomic mass is 10.0. The number of nitrogens with two attached hydrogens (primary N) is 1. The molecule has 0 saturated heterocycles. The second kappa shape index (κ2) is 13.3. The number of esters is 1. The van der Waals surface area contributed by atoms with Crippen LogP contribution in [0.1, 0.15) is 57.1 Å². The van der Waals surface area contributed by atoms with Gasteiger partial charge in [0.2, 0.25) is 0 Å². The van der Waals surface area contributed by atoms with Crippen molar-refractivity contribution in [3.63, 3.8) is 0 Å². The number of pyridine rings is 1. The normalized spacial score (nSPS) is 12.5. The second-order valence-corrected chi connectivity index (χ2v) is 12.0. The fourth-order valence-electron chi connectivity index (χ4n) is 5.89. The summed E-state index contributed by atoms with van der Waals surface area (Å²) in [6.07, 6.45) is 8.59. The number of nitrogen functional groups attached to an aromatic ring is 1. The largest absolute Gasteiger partial charge is 0.465 e. The number of rotatable bonds is 8. The van der Waals surface area contributed by atoms with Crippen molar-refractivity contribution in [1.82, 2.24) is 24.5 Å². The lowest BCUT2D eigenvalue weighted by Gasteiger charge is -2.10. The molecule has 1 fully saturated rings. The molecule has 4 aromatic carbocycles. The van der Waals surface area contributed by atoms with Gasteiger partial charge in [0, 0.05) is 29.1 Å². The topological polar surface area (TPSA) is 101 Å². The third-order valence-electron chi connectivity index (χ3n) is 8.54. The van der Waals surface area contributed by atoms with Gasteiger partial charge in [-0.2, -0.15) is 10.2 Å². The van der Waals surface area contributed by atoms with Crippen molar-refractivity contribution in [3.8, 4) is 0 Å². The van der Waals surface area contributed by atoms with Crippen LogP contribution in [0.25, 0.3) is 21.8 Å². The Kier molecular flexibility index (Phi) is 8.47. The lowest BCUT2D eigenvalue weighted by molar-refractivity contribution is 0.0599. The highest BCUT2D eigenvalue weighted by molar-refractivity contribution is 5.91. The van der Waals surface area contributed by atoms with E-state index < -0.39 is 0 Å². The average Bonchev–Trinajstić information content (AvgIpc) is 3.78. The number of nitrogens with zero attached hydrogens (tertiary/aromatic N) is 5. The fraction of sp³-hybridized carbons (Fsp3) is 0.179. The van der Waals surface area contributed by atoms with E-state index in [0.29, 0.717) is 17.9 Å². The summed E-state index contributed by atoms with van der Waals surface area (Å²) in [5, 5.41) is 11.1. The van der Waals surface area contributed by atoms with Crippen LogP contribution in [0.15, 0.2) is 122 Å². The first-order valence-corrected chi connectivity index (χ1v) is 15.8. The van der Waals surface area contributed by atoms with Crippen molar-refractivity contribution in [2.24, 2.45) is 0 Å². The number of hydrogen-bond donors (Lipinski definition) is 1. The van der Waals surface area contributed by atoms with Gasteiger partial charge >= 0.3 is 5.97 Å². The molecule has 1 saturated carbocycles. The Bertz CT molecular complexity index is 2150. The van der Waals surface area contributed by atoms with E-state index in [-0.39, 0.29) is 5.97 Å². The highest BCUT2D eigenvalue weighted by atomic mass is 16.5. The number of fused-ring (bicyclic) bond motifs is 2. The van der Waals surface area contributed by atoms with Crippen molar-refractivity contribution in [1.29, 1.82) is 0 Å². The molecule has 3 heterocycles. The number of aromatic nitrogens is 5. The van der Waals surface area contributed by atoms with Gasteiger partial charge in [0.1, 0.15) is 0 Å². The summed E-state index contributed by atoms with van der Waals surface area (Å²) in [5.74, 6) is 0.221. The molecule has 8 nitrogen and oxygen atoms in total. The second-order valence-electron chi connectivity index (χ2n) is 12.0. The molecule has 1 aliphatic carbocycles. The van der Waals surface area contributed by atoms with E-state index in [1.165, 1.54) is 31.1 Å². The summed E-state index contributed by atoms with van der Waals surface area (Å²) in [6, 6.07) is 34.8. The molecule has 3 aromatic heterocycles. The average molecular weight is 621 g/mol. The summed E-state index contributed by atoms with van der Waals surface area (Å²) in [4.78, 5) is 17.0. The SMILES string of the molecule is COC(=O)c1cc(C2CC2)cnc1Cc1ccc2c(cnn2Cc2ccccc2)c1.Nc1ccc2c(cnn2Cc2ccccc2)c1. The minimum atomic E-state index is -0.322. The third kappa shape index (κ3) is 6.92. The fourth-order valence-corrected chi connectivity index (χ4v) is 5.89. The molecule has 8 heteroatoms. The molecule has 2 N–H and O–H groups in total. The quantitative estimate of drug-likeness (QED) is 0.140. The van der Waals surface area contributed by atoms with Gasteiger partial charge < -0.3 is 10.5 Å². The molecule has 8 rings (SSSR count). The molecule has 0 aliphatic heterocycles. The molecular formula is C39H36N6O2. The maximum atomic E-state index is 12.3. The summed E-state index contributed by atoms with van der Waals surface area (Å²) in [5.41, 5.74) is 14.7. The summed E-state index contributed by atoms with van der Waals surface area (Å²) >= 11 is 0. The zero-order chi connectivity index (χ0) is 32.2. The molecule has 0 atom stereocenters. The van der Waals surface area contributed by atoms with Crippen molar-refractivity contribution in [3.05, 3.63) is 155 Å². The molecule has 0 spiro atoms. The number of ether oxygens (including phenoxy) is 1. The van der Waals surface area contributed by atoms with E-state index in [0.717, 1.165) is 57.4 Å². The number of carbonyl (C=O) groups is 1. The highest BCUT2D eigenvalue weighted by Crippen LogP contribution is 2.40. The zero-order valence-electron chi connectivity index (χ0n) is 26.3. The molecule has 0 bridgehead atoms. The Morgan fingerprint density at radius 3 is 1.94 bits per heavy atom. The summed E-state index contributed by atoms with van der Waals surface area (Å²) in [7, 11) is 1.42. The Labute approximate surface area is 273 Å². The first-order chi connectivity index (χ1) is 23.0. The lowest BCUT2D eigenvalue weighted by Crippen LogP contribution is -2.09. The van der Waals surface area contributed by atoms with Crippen molar-refractivity contribution >= 4 is 33.5 Å². The van der Waals surface area contributed by atoms with Crippen LogP contribution >= 0.6 is 0 Å². The number of carbonyl (C=O) groups excluding carboxylic acids is 1. The van der Waals surface area contributed by atoms with E-state index in [4.69, 9.17) is 10.5 Å². The Balaban J connectivity index is 0.000000174. The van der Waals surface area contributed by atoms with E-state index in [1.807, 2.05) is 88.6 Å². The van der Waals surface area contributed by atoms with E-state index >= 15 is 0 Å². The molecule has 0 unspecified atom stereocenters. The molecular weight excluding hydrogens is 584 g/mol. The standard InChI is InChI=1S/C25H23N3O2.C14H13N3/c1-30-25(29)22-13-20(19-8-9-19)14-26-23(22)12-18-7-10-24-21(11-18)15-27-28(24)16-17-5-3-2-4-6-17;15-13-6-7-14-12(8-13)9-16-17(14)10-11-4-2-1-3-5-11/h2-7,10-11,13-15,19H,8-9,12,16H2,1H3;1-9H,10,15H2. The molecule has 0 amide bonds. The maximum Gasteiger partial charge on any atom is 0.339 e. The minimum Gasteiger partial charge on any atom is -0.465 e. The maximum absolute atomic E-state index is 12.3. The van der Waals surface area contributed by atoms with E-state index in [2.05, 4.69) is 57.6 Å². The smallest absolute Gasteiger partial charge is 0.339 e. The van der Waals surface area contributed by atoms with Crippen LogP contribution in [0.4, 0.5) is 5.69 Å². The first-order valence-electron chi connectivity index (χ1n) is 15.8. The predicted octanol–water partition coefficient (Wildman–Crippen LogP) is 7.40. The van der Waals surface area contributed by atoms with Gasteiger partial charge in [-0.05, 0) is 77.4 Å². The van der Waals surface area contributed by atoms with Crippen LogP contribution < -0.4 is 5.73 Å². The van der Waals surface area contributed by atoms with Gasteiger partial charge in [-0.1, -0.05) is 66.7 Å². The minimum absolute atomic E-state index is 0.322. The van der Waals surface area contributed by atoms with Crippen LogP contribution in [0.5, 0.6) is 0 Å². The van der Waals surface area contributed by atoms with Crippen LogP contribution in [0.3, 0.4) is 0 Å². The van der Waals surface area contributed by atoms with Gasteiger partial charge in [-0.3, -0.25) is 14.3 Å². The van der Waals surface area contributed by atoms with Gasteiger partial charge in [0.05, 0.1) is 54.9 Å². The Hall–Kier alpha value is -5.76. The Morgan fingerprint density at radius 2 is 1.34 bits per heavy atom. The van der Waals surface area contributed by atoms with Crippen LogP contribution in [-0.4, -0.2) is 37.6 Å². The van der Waals surface area contributed by atoms with Gasteiger partial charge in [0.25, 0.3) is 0 Å². The van der Waals surface area contributed by atoms with Crippen molar-refractivity contribution in [2.75, 3.05) is 12.8 Å². The van der Waals surface area contributed by atoms with Crippen LogP contribution in [0, 0.1) is 0 Å². The molecule has 7 aromatic rings. The van der Waals surface area contributed by atoms with E-state index in [1.54, 1.807) is 0 Å². The van der Waals surface area contributed by atoms with Crippen LogP contribution in [0.2, 0.25) is 0 Å². The monoisotopic (exact) mass is 620 g/mol. The van der Waals surface area contributed by atoms with Gasteiger partial charge in [-0.15, -0.1) is 0 Å². The van der Waals surface area contributed by atoms with E-state index in [9.17, 15) is 4.79 Å². The van der Waals surface area contributed by atoms with Crippen molar-refractivity contribution < 1.29 is 9.53 Å². The predicted molar refractivity (Wildman–Crippen MR) is 185 cm³/mol. The highest BCUT2D eigenvalue weighted by Gasteiger charge is 2.26. The molecule has 234 valence electrons. The number of methoxy groups -OCH3 is 1. The molecule has 1 aliphatic rings. The first kappa shape index (κ1) is 29.9. The molecule has 47 heavy (non-hydrogen) atoms. The molecule has 0 radical (unpaired) electrons. The number of benzene rings is 4. The van der Waals surface area contributed by atoms with Crippen molar-refractivity contribution in [2.45, 2.75) is 38.3 Å². The number of hydrogen-bond acceptors (Lipinski definition) is 6. The number of anilines is 1. The van der Waals surface area contributed by atoms with Crippen LogP contribution in [-0.2, 0) is 24.2 Å². The summed E-state index contributed by atoms with van der Waals surface area (Å²) < 4.78 is 9.01. The van der Waals surface area contributed by atoms with Gasteiger partial charge in [-0.25, -0.2) is 4.79 Å². The zero-order valence-corrected chi connectivity index (χ0v) is 26.3. The Morgan fingerprint density at radius 1 is 0.745 bits per heavy atom. The summed E-state index contributed by atoms with van der Waals surface area (Å²) in [6.45, 7) is 1.52. The van der Waals surface area contributed by atoms with Gasteiger partial charge in [0.15, 0.2) is 0 Å².